The van der Waals surface area contributed by atoms with Gasteiger partial charge in [0.25, 0.3) is 5.91 Å². The van der Waals surface area contributed by atoms with E-state index in [2.05, 4.69) is 25.8 Å². The Bertz CT molecular complexity index is 1180. The molecular formula is C22H23FN6O2. The number of pyridine rings is 1. The van der Waals surface area contributed by atoms with Crippen LogP contribution in [0.2, 0.25) is 0 Å². The SMILES string of the molecule is CC(C)n1cnnc1-c1cccc(NC(=O)c2cc3c(cc2F)C(C)(C)CC(=O)N3)n1. The van der Waals surface area contributed by atoms with E-state index in [0.29, 0.717) is 22.8 Å². The zero-order valence-corrected chi connectivity index (χ0v) is 17.7. The predicted octanol–water partition coefficient (Wildman–Crippen LogP) is 3.93. The molecule has 2 N–H and O–H groups in total. The van der Waals surface area contributed by atoms with Crippen LogP contribution in [0.5, 0.6) is 0 Å². The summed E-state index contributed by atoms with van der Waals surface area (Å²) in [4.78, 5) is 29.2. The summed E-state index contributed by atoms with van der Waals surface area (Å²) in [6, 6.07) is 7.92. The number of hydrogen-bond donors (Lipinski definition) is 2. The van der Waals surface area contributed by atoms with Gasteiger partial charge in [-0.05, 0) is 43.7 Å². The predicted molar refractivity (Wildman–Crippen MR) is 114 cm³/mol. The lowest BCUT2D eigenvalue weighted by molar-refractivity contribution is -0.117. The summed E-state index contributed by atoms with van der Waals surface area (Å²) in [7, 11) is 0. The molecule has 0 saturated carbocycles. The third-order valence-electron chi connectivity index (χ3n) is 5.31. The molecule has 3 heterocycles. The van der Waals surface area contributed by atoms with Gasteiger partial charge in [0.1, 0.15) is 23.7 Å². The Morgan fingerprint density at radius 1 is 1.29 bits per heavy atom. The molecule has 0 unspecified atom stereocenters. The van der Waals surface area contributed by atoms with Crippen molar-refractivity contribution in [2.24, 2.45) is 0 Å². The molecule has 0 bridgehead atoms. The number of aromatic nitrogens is 4. The number of hydrogen-bond acceptors (Lipinski definition) is 5. The van der Waals surface area contributed by atoms with Gasteiger partial charge < -0.3 is 15.2 Å². The van der Waals surface area contributed by atoms with Crippen molar-refractivity contribution in [3.05, 3.63) is 53.6 Å². The fourth-order valence-corrected chi connectivity index (χ4v) is 3.72. The van der Waals surface area contributed by atoms with Crippen molar-refractivity contribution >= 4 is 23.3 Å². The van der Waals surface area contributed by atoms with Crippen LogP contribution in [0.15, 0.2) is 36.7 Å². The van der Waals surface area contributed by atoms with E-state index in [9.17, 15) is 14.0 Å². The fraction of sp³-hybridized carbons (Fsp3) is 0.318. The van der Waals surface area contributed by atoms with Gasteiger partial charge in [0.2, 0.25) is 5.91 Å². The third kappa shape index (κ3) is 3.90. The Morgan fingerprint density at radius 2 is 2.06 bits per heavy atom. The van der Waals surface area contributed by atoms with Gasteiger partial charge >= 0.3 is 0 Å². The summed E-state index contributed by atoms with van der Waals surface area (Å²) in [5.74, 6) is -0.665. The molecule has 1 aliphatic heterocycles. The number of carbonyl (C=O) groups excluding carboxylic acids is 2. The summed E-state index contributed by atoms with van der Waals surface area (Å²) in [5, 5.41) is 13.4. The minimum absolute atomic E-state index is 0.133. The molecule has 0 atom stereocenters. The summed E-state index contributed by atoms with van der Waals surface area (Å²) < 4.78 is 16.7. The van der Waals surface area contributed by atoms with Crippen LogP contribution in [-0.4, -0.2) is 31.6 Å². The molecule has 1 aromatic carbocycles. The monoisotopic (exact) mass is 422 g/mol. The molecule has 0 radical (unpaired) electrons. The van der Waals surface area contributed by atoms with Crippen molar-refractivity contribution in [1.82, 2.24) is 19.7 Å². The maximum atomic E-state index is 14.8. The van der Waals surface area contributed by atoms with E-state index in [1.54, 1.807) is 24.5 Å². The van der Waals surface area contributed by atoms with Crippen LogP contribution in [0.4, 0.5) is 15.9 Å². The normalized spacial score (nSPS) is 14.8. The summed E-state index contributed by atoms with van der Waals surface area (Å²) in [6.07, 6.45) is 1.87. The Morgan fingerprint density at radius 3 is 2.81 bits per heavy atom. The molecular weight excluding hydrogens is 399 g/mol. The first-order chi connectivity index (χ1) is 14.7. The average molecular weight is 422 g/mol. The van der Waals surface area contributed by atoms with Crippen LogP contribution < -0.4 is 10.6 Å². The Balaban J connectivity index is 1.63. The highest BCUT2D eigenvalue weighted by atomic mass is 19.1. The Labute approximate surface area is 178 Å². The van der Waals surface area contributed by atoms with E-state index in [0.717, 1.165) is 0 Å². The lowest BCUT2D eigenvalue weighted by Crippen LogP contribution is -2.33. The highest BCUT2D eigenvalue weighted by Crippen LogP contribution is 2.38. The molecule has 3 aromatic rings. The van der Waals surface area contributed by atoms with Crippen LogP contribution in [0, 0.1) is 5.82 Å². The summed E-state index contributed by atoms with van der Waals surface area (Å²) in [5.41, 5.74) is 0.947. The highest BCUT2D eigenvalue weighted by molar-refractivity contribution is 6.06. The summed E-state index contributed by atoms with van der Waals surface area (Å²) in [6.45, 7) is 7.74. The van der Waals surface area contributed by atoms with Gasteiger partial charge in [-0.3, -0.25) is 9.59 Å². The number of nitrogens with zero attached hydrogens (tertiary/aromatic N) is 4. The molecule has 4 rings (SSSR count). The molecule has 2 aromatic heterocycles. The molecule has 9 heteroatoms. The first-order valence-electron chi connectivity index (χ1n) is 9.98. The standard InChI is InChI=1S/C22H23FN6O2/c1-12(2)29-11-24-28-20(29)16-6-5-7-18(25-16)27-21(31)13-8-17-14(9-15(13)23)22(3,4)10-19(30)26-17/h5-9,11-12H,10H2,1-4H3,(H,26,30)(H,25,27,31). The number of benzene rings is 1. The van der Waals surface area contributed by atoms with Gasteiger partial charge in [-0.25, -0.2) is 9.37 Å². The average Bonchev–Trinajstić information content (AvgIpc) is 3.18. The van der Waals surface area contributed by atoms with Crippen LogP contribution >= 0.6 is 0 Å². The van der Waals surface area contributed by atoms with Crippen LogP contribution in [-0.2, 0) is 10.2 Å². The number of rotatable bonds is 4. The van der Waals surface area contributed by atoms with Crippen molar-refractivity contribution in [2.75, 3.05) is 10.6 Å². The van der Waals surface area contributed by atoms with Crippen molar-refractivity contribution in [1.29, 1.82) is 0 Å². The number of anilines is 2. The maximum absolute atomic E-state index is 14.8. The van der Waals surface area contributed by atoms with Crippen molar-refractivity contribution in [3.8, 4) is 11.5 Å². The van der Waals surface area contributed by atoms with Gasteiger partial charge in [-0.2, -0.15) is 0 Å². The highest BCUT2D eigenvalue weighted by Gasteiger charge is 2.33. The Kier molecular flexibility index (Phi) is 5.04. The van der Waals surface area contributed by atoms with Gasteiger partial charge in [-0.15, -0.1) is 10.2 Å². The third-order valence-corrected chi connectivity index (χ3v) is 5.31. The quantitative estimate of drug-likeness (QED) is 0.663. The van der Waals surface area contributed by atoms with E-state index in [-0.39, 0.29) is 29.8 Å². The minimum atomic E-state index is -0.659. The second kappa shape index (κ2) is 7.57. The second-order valence-corrected chi connectivity index (χ2v) is 8.50. The molecule has 1 aliphatic rings. The van der Waals surface area contributed by atoms with Gasteiger partial charge in [0.15, 0.2) is 5.82 Å². The largest absolute Gasteiger partial charge is 0.326 e. The molecule has 31 heavy (non-hydrogen) atoms. The summed E-state index contributed by atoms with van der Waals surface area (Å²) >= 11 is 0. The first kappa shape index (κ1) is 20.6. The van der Waals surface area contributed by atoms with Crippen LogP contribution in [0.1, 0.15) is 56.1 Å². The van der Waals surface area contributed by atoms with Gasteiger partial charge in [-0.1, -0.05) is 19.9 Å². The van der Waals surface area contributed by atoms with Crippen molar-refractivity contribution in [3.63, 3.8) is 0 Å². The fourth-order valence-electron chi connectivity index (χ4n) is 3.72. The molecule has 0 spiro atoms. The smallest absolute Gasteiger partial charge is 0.259 e. The molecule has 0 saturated heterocycles. The van der Waals surface area contributed by atoms with E-state index < -0.39 is 17.1 Å². The van der Waals surface area contributed by atoms with E-state index in [1.807, 2.05) is 32.3 Å². The number of fused-ring (bicyclic) bond motifs is 1. The van der Waals surface area contributed by atoms with Gasteiger partial charge in [0.05, 0.1) is 5.56 Å². The number of amides is 2. The lowest BCUT2D eigenvalue weighted by Gasteiger charge is -2.32. The molecule has 8 nitrogen and oxygen atoms in total. The van der Waals surface area contributed by atoms with Crippen LogP contribution in [0.3, 0.4) is 0 Å². The van der Waals surface area contributed by atoms with Crippen LogP contribution in [0.25, 0.3) is 11.5 Å². The Hall–Kier alpha value is -3.62. The number of nitrogens with one attached hydrogen (secondary N) is 2. The molecule has 160 valence electrons. The zero-order chi connectivity index (χ0) is 22.3. The minimum Gasteiger partial charge on any atom is -0.326 e. The van der Waals surface area contributed by atoms with Crippen molar-refractivity contribution in [2.45, 2.75) is 45.6 Å². The zero-order valence-electron chi connectivity index (χ0n) is 17.7. The number of carbonyl (C=O) groups is 2. The van der Waals surface area contributed by atoms with Gasteiger partial charge in [0, 0.05) is 23.6 Å². The molecule has 0 fully saturated rings. The van der Waals surface area contributed by atoms with E-state index in [4.69, 9.17) is 0 Å². The van der Waals surface area contributed by atoms with E-state index in [1.165, 1.54) is 12.1 Å². The van der Waals surface area contributed by atoms with Crippen molar-refractivity contribution < 1.29 is 14.0 Å². The second-order valence-electron chi connectivity index (χ2n) is 8.50. The van der Waals surface area contributed by atoms with E-state index >= 15 is 0 Å². The maximum Gasteiger partial charge on any atom is 0.259 e. The lowest BCUT2D eigenvalue weighted by atomic mass is 9.77. The molecule has 2 amide bonds. The first-order valence-corrected chi connectivity index (χ1v) is 9.98. The number of halogens is 1. The topological polar surface area (TPSA) is 102 Å². The molecule has 0 aliphatic carbocycles.